The van der Waals surface area contributed by atoms with Gasteiger partial charge in [0.1, 0.15) is 5.76 Å². The molecule has 1 amide bonds. The number of pyridine rings is 1. The number of rotatable bonds is 4. The first kappa shape index (κ1) is 16.3. The van der Waals surface area contributed by atoms with Crippen LogP contribution in [0.25, 0.3) is 0 Å². The molecule has 0 aromatic carbocycles. The van der Waals surface area contributed by atoms with Gasteiger partial charge in [-0.05, 0) is 38.9 Å². The van der Waals surface area contributed by atoms with Gasteiger partial charge in [-0.15, -0.1) is 0 Å². The molecule has 0 bridgehead atoms. The summed E-state index contributed by atoms with van der Waals surface area (Å²) in [5.41, 5.74) is 3.12. The minimum Gasteiger partial charge on any atom is -0.361 e. The molecule has 6 heteroatoms. The molecule has 2 aliphatic rings. The third-order valence-corrected chi connectivity index (χ3v) is 5.56. The van der Waals surface area contributed by atoms with Crippen LogP contribution in [0.2, 0.25) is 0 Å². The lowest BCUT2D eigenvalue weighted by molar-refractivity contribution is -0.128. The summed E-state index contributed by atoms with van der Waals surface area (Å²) < 4.78 is 5.24. The highest BCUT2D eigenvalue weighted by molar-refractivity contribution is 5.79. The molecule has 132 valence electrons. The standard InChI is InChI=1S/C19H24N4O2/c1-14-17(15(2)25-21-14)11-23-13-19(9-18(23)24)6-8-22(12-19)10-16-5-3-4-7-20-16/h3-5,7H,6,8-13H2,1-2H3/t19-/m1/s1. The number of aromatic nitrogens is 2. The van der Waals surface area contributed by atoms with Crippen LogP contribution in [-0.4, -0.2) is 45.5 Å². The molecule has 4 heterocycles. The molecule has 4 rings (SSSR count). The van der Waals surface area contributed by atoms with Crippen molar-refractivity contribution in [3.05, 3.63) is 47.1 Å². The zero-order valence-corrected chi connectivity index (χ0v) is 14.9. The molecule has 1 spiro atoms. The lowest BCUT2D eigenvalue weighted by Gasteiger charge is -2.24. The van der Waals surface area contributed by atoms with E-state index in [2.05, 4.69) is 21.1 Å². The second-order valence-corrected chi connectivity index (χ2v) is 7.51. The SMILES string of the molecule is Cc1noc(C)c1CN1C[C@]2(CCN(Cc3ccccn3)C2)CC1=O. The van der Waals surface area contributed by atoms with Crippen molar-refractivity contribution in [2.45, 2.75) is 39.8 Å². The van der Waals surface area contributed by atoms with E-state index < -0.39 is 0 Å². The van der Waals surface area contributed by atoms with E-state index in [-0.39, 0.29) is 11.3 Å². The highest BCUT2D eigenvalue weighted by Gasteiger charge is 2.47. The van der Waals surface area contributed by atoms with Gasteiger partial charge in [-0.3, -0.25) is 14.7 Å². The molecule has 6 nitrogen and oxygen atoms in total. The van der Waals surface area contributed by atoms with E-state index in [1.54, 1.807) is 0 Å². The number of carbonyl (C=O) groups excluding carboxylic acids is 1. The zero-order chi connectivity index (χ0) is 17.4. The molecule has 2 aromatic rings. The summed E-state index contributed by atoms with van der Waals surface area (Å²) in [4.78, 5) is 21.4. The summed E-state index contributed by atoms with van der Waals surface area (Å²) in [7, 11) is 0. The highest BCUT2D eigenvalue weighted by atomic mass is 16.5. The molecule has 0 saturated carbocycles. The second kappa shape index (κ2) is 6.26. The average molecular weight is 340 g/mol. The van der Waals surface area contributed by atoms with Gasteiger partial charge < -0.3 is 9.42 Å². The van der Waals surface area contributed by atoms with Crippen LogP contribution in [0.15, 0.2) is 28.9 Å². The Morgan fingerprint density at radius 1 is 1.24 bits per heavy atom. The van der Waals surface area contributed by atoms with Crippen molar-refractivity contribution in [1.82, 2.24) is 19.9 Å². The van der Waals surface area contributed by atoms with Gasteiger partial charge in [0.25, 0.3) is 0 Å². The predicted molar refractivity (Wildman–Crippen MR) is 92.6 cm³/mol. The number of likely N-dealkylation sites (tertiary alicyclic amines) is 2. The minimum absolute atomic E-state index is 0.0881. The minimum atomic E-state index is 0.0881. The molecule has 2 fully saturated rings. The average Bonchev–Trinajstić information content (AvgIpc) is 3.23. The van der Waals surface area contributed by atoms with Gasteiger partial charge in [-0.1, -0.05) is 11.2 Å². The Morgan fingerprint density at radius 3 is 2.84 bits per heavy atom. The third-order valence-electron chi connectivity index (χ3n) is 5.56. The van der Waals surface area contributed by atoms with Crippen LogP contribution in [0, 0.1) is 19.3 Å². The van der Waals surface area contributed by atoms with Crippen molar-refractivity contribution in [2.24, 2.45) is 5.41 Å². The molecule has 0 radical (unpaired) electrons. The van der Waals surface area contributed by atoms with Crippen LogP contribution in [0.1, 0.15) is 35.6 Å². The first-order chi connectivity index (χ1) is 12.0. The summed E-state index contributed by atoms with van der Waals surface area (Å²) in [5.74, 6) is 1.06. The van der Waals surface area contributed by atoms with E-state index in [0.29, 0.717) is 13.0 Å². The van der Waals surface area contributed by atoms with Crippen molar-refractivity contribution in [3.63, 3.8) is 0 Å². The smallest absolute Gasteiger partial charge is 0.223 e. The maximum atomic E-state index is 12.6. The molecule has 1 atom stereocenters. The van der Waals surface area contributed by atoms with Crippen LogP contribution in [0.4, 0.5) is 0 Å². The summed E-state index contributed by atoms with van der Waals surface area (Å²) >= 11 is 0. The summed E-state index contributed by atoms with van der Waals surface area (Å²) in [5, 5.41) is 4.00. The number of hydrogen-bond donors (Lipinski definition) is 0. The van der Waals surface area contributed by atoms with E-state index in [4.69, 9.17) is 4.52 Å². The van der Waals surface area contributed by atoms with Crippen molar-refractivity contribution in [2.75, 3.05) is 19.6 Å². The Morgan fingerprint density at radius 2 is 2.12 bits per heavy atom. The van der Waals surface area contributed by atoms with Crippen LogP contribution in [-0.2, 0) is 17.9 Å². The lowest BCUT2D eigenvalue weighted by Crippen LogP contribution is -2.31. The molecule has 2 aliphatic heterocycles. The van der Waals surface area contributed by atoms with Crippen molar-refractivity contribution in [3.8, 4) is 0 Å². The normalized spacial score (nSPS) is 23.9. The van der Waals surface area contributed by atoms with Gasteiger partial charge in [0.2, 0.25) is 5.91 Å². The zero-order valence-electron chi connectivity index (χ0n) is 14.9. The van der Waals surface area contributed by atoms with Crippen molar-refractivity contribution < 1.29 is 9.32 Å². The van der Waals surface area contributed by atoms with Gasteiger partial charge in [-0.2, -0.15) is 0 Å². The molecule has 25 heavy (non-hydrogen) atoms. The van der Waals surface area contributed by atoms with Gasteiger partial charge >= 0.3 is 0 Å². The van der Waals surface area contributed by atoms with Crippen molar-refractivity contribution in [1.29, 1.82) is 0 Å². The van der Waals surface area contributed by atoms with E-state index in [1.165, 1.54) is 0 Å². The van der Waals surface area contributed by atoms with Crippen LogP contribution in [0.5, 0.6) is 0 Å². The largest absolute Gasteiger partial charge is 0.361 e. The number of carbonyl (C=O) groups is 1. The second-order valence-electron chi connectivity index (χ2n) is 7.51. The monoisotopic (exact) mass is 340 g/mol. The lowest BCUT2D eigenvalue weighted by atomic mass is 9.86. The van der Waals surface area contributed by atoms with Gasteiger partial charge in [0, 0.05) is 43.2 Å². The van der Waals surface area contributed by atoms with E-state index in [1.807, 2.05) is 37.1 Å². The van der Waals surface area contributed by atoms with E-state index in [9.17, 15) is 4.79 Å². The van der Waals surface area contributed by atoms with Crippen LogP contribution in [0.3, 0.4) is 0 Å². The van der Waals surface area contributed by atoms with Gasteiger partial charge in [0.15, 0.2) is 0 Å². The Labute approximate surface area is 147 Å². The highest BCUT2D eigenvalue weighted by Crippen LogP contribution is 2.41. The fourth-order valence-electron chi connectivity index (χ4n) is 4.20. The van der Waals surface area contributed by atoms with E-state index >= 15 is 0 Å². The third kappa shape index (κ3) is 3.18. The first-order valence-corrected chi connectivity index (χ1v) is 8.86. The molecular weight excluding hydrogens is 316 g/mol. The van der Waals surface area contributed by atoms with Crippen molar-refractivity contribution >= 4 is 5.91 Å². The molecule has 0 unspecified atom stereocenters. The molecule has 2 saturated heterocycles. The first-order valence-electron chi connectivity index (χ1n) is 8.86. The van der Waals surface area contributed by atoms with E-state index in [0.717, 1.165) is 55.3 Å². The fourth-order valence-corrected chi connectivity index (χ4v) is 4.20. The molecule has 0 N–H and O–H groups in total. The Bertz CT molecular complexity index is 753. The number of nitrogens with zero attached hydrogens (tertiary/aromatic N) is 4. The summed E-state index contributed by atoms with van der Waals surface area (Å²) in [6.07, 6.45) is 3.56. The van der Waals surface area contributed by atoms with Gasteiger partial charge in [-0.25, -0.2) is 0 Å². The van der Waals surface area contributed by atoms with Gasteiger partial charge in [0.05, 0.1) is 17.9 Å². The maximum Gasteiger partial charge on any atom is 0.223 e. The summed E-state index contributed by atoms with van der Waals surface area (Å²) in [6.45, 7) is 8.15. The number of amides is 1. The fraction of sp³-hybridized carbons (Fsp3) is 0.526. The summed E-state index contributed by atoms with van der Waals surface area (Å²) in [6, 6.07) is 6.03. The Kier molecular flexibility index (Phi) is 4.07. The Balaban J connectivity index is 1.42. The molecular formula is C19H24N4O2. The number of hydrogen-bond acceptors (Lipinski definition) is 5. The predicted octanol–water partition coefficient (Wildman–Crippen LogP) is 2.31. The van der Waals surface area contributed by atoms with Crippen LogP contribution >= 0.6 is 0 Å². The topological polar surface area (TPSA) is 62.5 Å². The van der Waals surface area contributed by atoms with Crippen LogP contribution < -0.4 is 0 Å². The Hall–Kier alpha value is -2.21. The molecule has 2 aromatic heterocycles. The number of aryl methyl sites for hydroxylation is 2. The molecule has 0 aliphatic carbocycles. The quantitative estimate of drug-likeness (QED) is 0.855. The maximum absolute atomic E-state index is 12.6.